The Morgan fingerprint density at radius 1 is 0.267 bits per heavy atom. The van der Waals surface area contributed by atoms with E-state index in [0.29, 0.717) is 25.7 Å². The topological polar surface area (TPSA) is 237 Å². The maximum atomic E-state index is 13.0. The SMILES string of the molecule is CCCCCCCCCCCCCCCCCCCC(=O)O[C@H](COC(=O)CCCCCCCCCCCCC)COP(=O)(O)OC[C@@H](O)COP(=O)(O)OC[C@@H](COC(=O)CCCCCCCCCCCCC)OC(=O)CCCCCCCCCCCCC. The van der Waals surface area contributed by atoms with Gasteiger partial charge >= 0.3 is 39.5 Å². The fraction of sp³-hybridized carbons (Fsp3) is 0.944. The van der Waals surface area contributed by atoms with Crippen LogP contribution in [0.25, 0.3) is 0 Å². The summed E-state index contributed by atoms with van der Waals surface area (Å²) in [5.41, 5.74) is 0. The van der Waals surface area contributed by atoms with Gasteiger partial charge in [-0.15, -0.1) is 0 Å². The molecule has 0 aromatic carbocycles. The van der Waals surface area contributed by atoms with Crippen LogP contribution in [0.15, 0.2) is 0 Å². The third-order valence-corrected chi connectivity index (χ3v) is 18.5. The first kappa shape index (κ1) is 88.1. The third kappa shape index (κ3) is 64.8. The molecule has 0 aromatic heterocycles. The number of hydrogen-bond acceptors (Lipinski definition) is 15. The maximum absolute atomic E-state index is 13.0. The number of rotatable bonds is 72. The fourth-order valence-electron chi connectivity index (χ4n) is 10.9. The van der Waals surface area contributed by atoms with Gasteiger partial charge < -0.3 is 33.8 Å². The molecule has 5 atom stereocenters. The van der Waals surface area contributed by atoms with Crippen LogP contribution in [0, 0.1) is 0 Å². The monoisotopic (exact) mass is 1320 g/mol. The van der Waals surface area contributed by atoms with Gasteiger partial charge in [-0.2, -0.15) is 0 Å². The molecular weight excluding hydrogens is 1190 g/mol. The molecule has 0 rings (SSSR count). The summed E-state index contributed by atoms with van der Waals surface area (Å²) in [4.78, 5) is 72.5. The molecule has 0 aliphatic heterocycles. The second kappa shape index (κ2) is 65.7. The van der Waals surface area contributed by atoms with E-state index in [1.807, 2.05) is 0 Å². The van der Waals surface area contributed by atoms with Crippen molar-refractivity contribution in [2.24, 2.45) is 0 Å². The van der Waals surface area contributed by atoms with Gasteiger partial charge in [0.2, 0.25) is 0 Å². The van der Waals surface area contributed by atoms with Crippen LogP contribution in [0.5, 0.6) is 0 Å². The molecule has 0 bridgehead atoms. The van der Waals surface area contributed by atoms with E-state index in [9.17, 15) is 43.2 Å². The molecule has 0 aliphatic carbocycles. The fourth-order valence-corrected chi connectivity index (χ4v) is 12.4. The summed E-state index contributed by atoms with van der Waals surface area (Å²) in [7, 11) is -9.90. The van der Waals surface area contributed by atoms with Gasteiger partial charge in [-0.25, -0.2) is 9.13 Å². The predicted octanol–water partition coefficient (Wildman–Crippen LogP) is 20.7. The second-order valence-corrected chi connectivity index (χ2v) is 28.5. The molecule has 0 heterocycles. The van der Waals surface area contributed by atoms with Gasteiger partial charge in [0.15, 0.2) is 12.2 Å². The van der Waals surface area contributed by atoms with Gasteiger partial charge in [-0.1, -0.05) is 323 Å². The van der Waals surface area contributed by atoms with Crippen molar-refractivity contribution >= 4 is 39.5 Å². The Bertz CT molecular complexity index is 1720. The van der Waals surface area contributed by atoms with Crippen molar-refractivity contribution in [1.82, 2.24) is 0 Å². The van der Waals surface area contributed by atoms with Crippen LogP contribution in [0.2, 0.25) is 0 Å². The number of phosphoric ester groups is 2. The minimum absolute atomic E-state index is 0.108. The Kier molecular flexibility index (Phi) is 64.3. The molecule has 0 radical (unpaired) electrons. The Labute approximate surface area is 549 Å². The number of carbonyl (C=O) groups is 4. The molecule has 19 heteroatoms. The third-order valence-electron chi connectivity index (χ3n) is 16.6. The van der Waals surface area contributed by atoms with E-state index in [1.165, 1.54) is 205 Å². The van der Waals surface area contributed by atoms with Crippen molar-refractivity contribution < 1.29 is 80.2 Å². The van der Waals surface area contributed by atoms with Gasteiger partial charge in [0.1, 0.15) is 19.3 Å². The highest BCUT2D eigenvalue weighted by molar-refractivity contribution is 7.47. The molecule has 90 heavy (non-hydrogen) atoms. The molecule has 0 saturated heterocycles. The highest BCUT2D eigenvalue weighted by Gasteiger charge is 2.30. The first-order valence-electron chi connectivity index (χ1n) is 37.3. The van der Waals surface area contributed by atoms with Gasteiger partial charge in [-0.3, -0.25) is 37.3 Å². The maximum Gasteiger partial charge on any atom is 0.472 e. The Morgan fingerprint density at radius 3 is 0.656 bits per heavy atom. The molecule has 534 valence electrons. The van der Waals surface area contributed by atoms with Gasteiger partial charge in [-0.05, 0) is 25.7 Å². The normalized spacial score (nSPS) is 14.0. The number of hydrogen-bond donors (Lipinski definition) is 3. The number of aliphatic hydroxyl groups is 1. The minimum Gasteiger partial charge on any atom is -0.462 e. The largest absolute Gasteiger partial charge is 0.472 e. The molecule has 3 N–H and O–H groups in total. The van der Waals surface area contributed by atoms with E-state index in [-0.39, 0.29) is 25.7 Å². The summed E-state index contributed by atoms with van der Waals surface area (Å²) < 4.78 is 68.3. The van der Waals surface area contributed by atoms with Crippen LogP contribution in [0.4, 0.5) is 0 Å². The predicted molar refractivity (Wildman–Crippen MR) is 363 cm³/mol. The summed E-state index contributed by atoms with van der Waals surface area (Å²) in [5, 5.41) is 10.6. The lowest BCUT2D eigenvalue weighted by Crippen LogP contribution is -2.30. The van der Waals surface area contributed by atoms with Gasteiger partial charge in [0.05, 0.1) is 26.4 Å². The van der Waals surface area contributed by atoms with E-state index in [0.717, 1.165) is 89.9 Å². The van der Waals surface area contributed by atoms with Crippen LogP contribution >= 0.6 is 15.6 Å². The van der Waals surface area contributed by atoms with Crippen molar-refractivity contribution in [3.05, 3.63) is 0 Å². The zero-order valence-electron chi connectivity index (χ0n) is 58.1. The summed E-state index contributed by atoms with van der Waals surface area (Å²) in [6.45, 7) is 4.95. The molecule has 2 unspecified atom stereocenters. The zero-order chi connectivity index (χ0) is 66.1. The van der Waals surface area contributed by atoms with E-state index >= 15 is 0 Å². The summed E-state index contributed by atoms with van der Waals surface area (Å²) in [5.74, 6) is -2.12. The van der Waals surface area contributed by atoms with Crippen LogP contribution < -0.4 is 0 Å². The van der Waals surface area contributed by atoms with Crippen LogP contribution in [-0.2, 0) is 65.4 Å². The van der Waals surface area contributed by atoms with Crippen LogP contribution in [0.1, 0.15) is 374 Å². The van der Waals surface area contributed by atoms with Crippen LogP contribution in [0.3, 0.4) is 0 Å². The van der Waals surface area contributed by atoms with Crippen molar-refractivity contribution in [3.8, 4) is 0 Å². The molecular formula is C71H138O17P2. The minimum atomic E-state index is -4.95. The number of esters is 4. The summed E-state index contributed by atoms with van der Waals surface area (Å²) >= 11 is 0. The zero-order valence-corrected chi connectivity index (χ0v) is 59.9. The Balaban J connectivity index is 5.22. The second-order valence-electron chi connectivity index (χ2n) is 25.6. The lowest BCUT2D eigenvalue weighted by atomic mass is 10.0. The number of unbranched alkanes of at least 4 members (excludes halogenated alkanes) is 46. The smallest absolute Gasteiger partial charge is 0.462 e. The average Bonchev–Trinajstić information content (AvgIpc) is 3.28. The standard InChI is InChI=1S/C71H138O17P2/c1-5-9-13-17-21-25-29-30-31-32-33-34-38-42-46-50-54-58-71(76)88-67(62-82-69(74)56-52-48-44-40-36-27-23-19-15-11-7-3)64-86-90(79,80)84-60-65(72)59-83-89(77,78)85-63-66(87-70(75)57-53-49-45-41-37-28-24-20-16-12-8-4)61-81-68(73)55-51-47-43-39-35-26-22-18-14-10-6-2/h65-67,72H,5-64H2,1-4H3,(H,77,78)(H,79,80)/t65-,66+,67+/m0/s1. The van der Waals surface area contributed by atoms with Gasteiger partial charge in [0.25, 0.3) is 0 Å². The van der Waals surface area contributed by atoms with Gasteiger partial charge in [0, 0.05) is 25.7 Å². The van der Waals surface area contributed by atoms with E-state index in [4.69, 9.17) is 37.0 Å². The summed E-state index contributed by atoms with van der Waals surface area (Å²) in [6.07, 6.45) is 53.9. The first-order chi connectivity index (χ1) is 43.7. The van der Waals surface area contributed by atoms with Crippen molar-refractivity contribution in [3.63, 3.8) is 0 Å². The lowest BCUT2D eigenvalue weighted by Gasteiger charge is -2.21. The molecule has 0 fully saturated rings. The molecule has 0 amide bonds. The first-order valence-corrected chi connectivity index (χ1v) is 40.3. The van der Waals surface area contributed by atoms with Crippen molar-refractivity contribution in [1.29, 1.82) is 0 Å². The number of ether oxygens (including phenoxy) is 4. The number of aliphatic hydroxyl groups excluding tert-OH is 1. The quantitative estimate of drug-likeness (QED) is 0.0222. The number of carbonyl (C=O) groups excluding carboxylic acids is 4. The molecule has 0 spiro atoms. The van der Waals surface area contributed by atoms with E-state index in [2.05, 4.69) is 27.7 Å². The average molecular weight is 1330 g/mol. The highest BCUT2D eigenvalue weighted by Crippen LogP contribution is 2.45. The Hall–Kier alpha value is -1.94. The Morgan fingerprint density at radius 2 is 0.444 bits per heavy atom. The molecule has 17 nitrogen and oxygen atoms in total. The lowest BCUT2D eigenvalue weighted by molar-refractivity contribution is -0.161. The molecule has 0 aromatic rings. The molecule has 0 aliphatic rings. The number of phosphoric acid groups is 2. The van der Waals surface area contributed by atoms with Crippen molar-refractivity contribution in [2.45, 2.75) is 393 Å². The summed E-state index contributed by atoms with van der Waals surface area (Å²) in [6, 6.07) is 0. The van der Waals surface area contributed by atoms with Crippen molar-refractivity contribution in [2.75, 3.05) is 39.6 Å². The molecule has 0 saturated carbocycles. The van der Waals surface area contributed by atoms with Crippen LogP contribution in [-0.4, -0.2) is 96.7 Å². The van der Waals surface area contributed by atoms with E-state index < -0.39 is 97.5 Å². The highest BCUT2D eigenvalue weighted by atomic mass is 31.2. The van der Waals surface area contributed by atoms with E-state index in [1.54, 1.807) is 0 Å².